The van der Waals surface area contributed by atoms with Crippen LogP contribution in [0.1, 0.15) is 9.67 Å². The molecule has 6 nitrogen and oxygen atoms in total. The number of halogens is 1. The molecule has 2 aromatic rings. The number of anilines is 1. The largest absolute Gasteiger partial charge is 0.490 e. The number of nitro groups is 1. The fraction of sp³-hybridized carbons (Fsp3) is 0.0833. The van der Waals surface area contributed by atoms with Gasteiger partial charge in [-0.05, 0) is 40.2 Å². The van der Waals surface area contributed by atoms with Crippen LogP contribution in [0.2, 0.25) is 0 Å². The van der Waals surface area contributed by atoms with Crippen molar-refractivity contribution in [2.45, 2.75) is 0 Å². The first-order chi connectivity index (χ1) is 9.51. The topological polar surface area (TPSA) is 81.5 Å². The van der Waals surface area contributed by atoms with E-state index in [4.69, 9.17) is 4.74 Å². The van der Waals surface area contributed by atoms with Gasteiger partial charge in [0.2, 0.25) is 0 Å². The molecule has 104 valence electrons. The van der Waals surface area contributed by atoms with Gasteiger partial charge in [-0.15, -0.1) is 11.3 Å². The molecule has 2 rings (SSSR count). The van der Waals surface area contributed by atoms with Gasteiger partial charge in [0.15, 0.2) is 5.75 Å². The molecule has 0 spiro atoms. The Morgan fingerprint density at radius 3 is 2.70 bits per heavy atom. The Morgan fingerprint density at radius 2 is 2.15 bits per heavy atom. The summed E-state index contributed by atoms with van der Waals surface area (Å²) in [4.78, 5) is 22.8. The number of ether oxygens (including phenoxy) is 1. The molecule has 0 aliphatic carbocycles. The third-order valence-electron chi connectivity index (χ3n) is 2.43. The number of nitro benzene ring substituents is 1. The second kappa shape index (κ2) is 6.02. The summed E-state index contributed by atoms with van der Waals surface area (Å²) in [6.07, 6.45) is 0. The molecule has 1 heterocycles. The molecule has 0 saturated carbocycles. The quantitative estimate of drug-likeness (QED) is 0.669. The molecule has 0 saturated heterocycles. The van der Waals surface area contributed by atoms with Gasteiger partial charge in [-0.3, -0.25) is 14.9 Å². The molecule has 8 heteroatoms. The average Bonchev–Trinajstić information content (AvgIpc) is 2.85. The van der Waals surface area contributed by atoms with E-state index in [1.165, 1.54) is 30.6 Å². The second-order valence-corrected chi connectivity index (χ2v) is 6.16. The molecule has 0 aliphatic rings. The highest BCUT2D eigenvalue weighted by Crippen LogP contribution is 2.30. The summed E-state index contributed by atoms with van der Waals surface area (Å²) < 4.78 is 5.73. The number of carbonyl (C=O) groups is 1. The Morgan fingerprint density at radius 1 is 1.40 bits per heavy atom. The number of nitrogens with zero attached hydrogens (tertiary/aromatic N) is 1. The lowest BCUT2D eigenvalue weighted by Gasteiger charge is -2.06. The summed E-state index contributed by atoms with van der Waals surface area (Å²) in [6.45, 7) is 0. The van der Waals surface area contributed by atoms with E-state index in [1.807, 2.05) is 0 Å². The number of nitrogens with one attached hydrogen (secondary N) is 1. The standard InChI is InChI=1S/C12H9BrN2O4S/c1-19-9-3-2-7(6-8(9)15(17)18)14-12(16)10-4-5-11(13)20-10/h2-6H,1H3,(H,14,16). The number of benzene rings is 1. The van der Waals surface area contributed by atoms with Crippen LogP contribution in [0.25, 0.3) is 0 Å². The summed E-state index contributed by atoms with van der Waals surface area (Å²) >= 11 is 4.55. The Labute approximate surface area is 126 Å². The Balaban J connectivity index is 2.23. The van der Waals surface area contributed by atoms with Crippen LogP contribution in [0.15, 0.2) is 34.1 Å². The van der Waals surface area contributed by atoms with Gasteiger partial charge in [-0.1, -0.05) is 0 Å². The molecular formula is C12H9BrN2O4S. The molecule has 1 amide bonds. The van der Waals surface area contributed by atoms with Crippen molar-refractivity contribution in [3.63, 3.8) is 0 Å². The number of hydrogen-bond donors (Lipinski definition) is 1. The van der Waals surface area contributed by atoms with Crippen LogP contribution >= 0.6 is 27.3 Å². The minimum Gasteiger partial charge on any atom is -0.490 e. The van der Waals surface area contributed by atoms with Crippen molar-refractivity contribution in [1.29, 1.82) is 0 Å². The lowest BCUT2D eigenvalue weighted by Crippen LogP contribution is -2.10. The smallest absolute Gasteiger partial charge is 0.312 e. The highest BCUT2D eigenvalue weighted by atomic mass is 79.9. The molecule has 0 atom stereocenters. The Kier molecular flexibility index (Phi) is 4.35. The second-order valence-electron chi connectivity index (χ2n) is 3.70. The average molecular weight is 357 g/mol. The first kappa shape index (κ1) is 14.5. The van der Waals surface area contributed by atoms with Gasteiger partial charge in [0.05, 0.1) is 20.7 Å². The van der Waals surface area contributed by atoms with Gasteiger partial charge in [-0.25, -0.2) is 0 Å². The predicted octanol–water partition coefficient (Wildman–Crippen LogP) is 3.68. The highest BCUT2D eigenvalue weighted by Gasteiger charge is 2.17. The van der Waals surface area contributed by atoms with Crippen molar-refractivity contribution in [2.75, 3.05) is 12.4 Å². The fourth-order valence-electron chi connectivity index (χ4n) is 1.54. The number of hydrogen-bond acceptors (Lipinski definition) is 5. The maximum absolute atomic E-state index is 11.9. The van der Waals surface area contributed by atoms with Crippen LogP contribution in [0.5, 0.6) is 5.75 Å². The van der Waals surface area contributed by atoms with Crippen LogP contribution in [0.4, 0.5) is 11.4 Å². The van der Waals surface area contributed by atoms with Crippen LogP contribution < -0.4 is 10.1 Å². The predicted molar refractivity (Wildman–Crippen MR) is 79.6 cm³/mol. The number of thiophene rings is 1. The first-order valence-corrected chi connectivity index (χ1v) is 7.01. The molecule has 20 heavy (non-hydrogen) atoms. The normalized spacial score (nSPS) is 10.1. The van der Waals surface area contributed by atoms with Crippen LogP contribution in [-0.4, -0.2) is 17.9 Å². The van der Waals surface area contributed by atoms with Gasteiger partial charge < -0.3 is 10.1 Å². The third-order valence-corrected chi connectivity index (χ3v) is 4.05. The summed E-state index contributed by atoms with van der Waals surface area (Å²) in [5, 5.41) is 13.5. The van der Waals surface area contributed by atoms with E-state index >= 15 is 0 Å². The zero-order chi connectivity index (χ0) is 14.7. The Hall–Kier alpha value is -1.93. The van der Waals surface area contributed by atoms with E-state index in [0.717, 1.165) is 3.79 Å². The van der Waals surface area contributed by atoms with E-state index in [-0.39, 0.29) is 17.3 Å². The first-order valence-electron chi connectivity index (χ1n) is 5.40. The molecule has 0 unspecified atom stereocenters. The molecule has 0 aliphatic heterocycles. The van der Waals surface area contributed by atoms with Crippen molar-refractivity contribution < 1.29 is 14.5 Å². The molecular weight excluding hydrogens is 348 g/mol. The fourth-order valence-corrected chi connectivity index (χ4v) is 2.82. The molecule has 0 fully saturated rings. The van der Waals surface area contributed by atoms with Gasteiger partial charge in [-0.2, -0.15) is 0 Å². The zero-order valence-corrected chi connectivity index (χ0v) is 12.7. The summed E-state index contributed by atoms with van der Waals surface area (Å²) in [6, 6.07) is 7.68. The summed E-state index contributed by atoms with van der Waals surface area (Å²) in [7, 11) is 1.35. The van der Waals surface area contributed by atoms with Crippen molar-refractivity contribution >= 4 is 44.5 Å². The van der Waals surface area contributed by atoms with E-state index in [0.29, 0.717) is 10.6 Å². The Bertz CT molecular complexity index is 671. The number of rotatable bonds is 4. The van der Waals surface area contributed by atoms with Crippen molar-refractivity contribution in [1.82, 2.24) is 0 Å². The minimum atomic E-state index is -0.559. The highest BCUT2D eigenvalue weighted by molar-refractivity contribution is 9.11. The van der Waals surface area contributed by atoms with Gasteiger partial charge >= 0.3 is 5.69 Å². The lowest BCUT2D eigenvalue weighted by molar-refractivity contribution is -0.385. The van der Waals surface area contributed by atoms with E-state index in [9.17, 15) is 14.9 Å². The summed E-state index contributed by atoms with van der Waals surface area (Å²) in [5.41, 5.74) is 0.143. The molecule has 1 aromatic carbocycles. The number of amides is 1. The van der Waals surface area contributed by atoms with Crippen molar-refractivity contribution in [2.24, 2.45) is 0 Å². The van der Waals surface area contributed by atoms with Crippen molar-refractivity contribution in [3.05, 3.63) is 49.1 Å². The molecule has 0 radical (unpaired) electrons. The van der Waals surface area contributed by atoms with Gasteiger partial charge in [0.25, 0.3) is 5.91 Å². The lowest BCUT2D eigenvalue weighted by atomic mass is 10.2. The van der Waals surface area contributed by atoms with Crippen LogP contribution in [0.3, 0.4) is 0 Å². The summed E-state index contributed by atoms with van der Waals surface area (Å²) in [5.74, 6) is -0.174. The van der Waals surface area contributed by atoms with E-state index < -0.39 is 4.92 Å². The van der Waals surface area contributed by atoms with Crippen molar-refractivity contribution in [3.8, 4) is 5.75 Å². The SMILES string of the molecule is COc1ccc(NC(=O)c2ccc(Br)s2)cc1[N+](=O)[O-]. The number of carbonyl (C=O) groups excluding carboxylic acids is 1. The molecule has 1 N–H and O–H groups in total. The maximum atomic E-state index is 11.9. The van der Waals surface area contributed by atoms with Gasteiger partial charge in [0, 0.05) is 11.8 Å². The zero-order valence-electron chi connectivity index (χ0n) is 10.3. The van der Waals surface area contributed by atoms with E-state index in [2.05, 4.69) is 21.2 Å². The number of methoxy groups -OCH3 is 1. The maximum Gasteiger partial charge on any atom is 0.312 e. The van der Waals surface area contributed by atoms with E-state index in [1.54, 1.807) is 18.2 Å². The van der Waals surface area contributed by atoms with Crippen LogP contribution in [-0.2, 0) is 0 Å². The third kappa shape index (κ3) is 3.14. The van der Waals surface area contributed by atoms with Crippen LogP contribution in [0, 0.1) is 10.1 Å². The van der Waals surface area contributed by atoms with Gasteiger partial charge in [0.1, 0.15) is 0 Å². The molecule has 1 aromatic heterocycles. The monoisotopic (exact) mass is 356 g/mol. The minimum absolute atomic E-state index is 0.145. The molecule has 0 bridgehead atoms.